The van der Waals surface area contributed by atoms with E-state index >= 15 is 0 Å². The standard InChI is InChI=1S/C15H13NO4S2/c1-2-7-20-11-5-3-10(4-6-11)8-12-14(19)16(9-13(17)18)15(21)22-12/h2-6,8H,1,7,9H2,(H,17,18). The molecule has 0 atom stereocenters. The van der Waals surface area contributed by atoms with Crippen LogP contribution in [0, 0.1) is 0 Å². The smallest absolute Gasteiger partial charge is 0.323 e. The van der Waals surface area contributed by atoms with Gasteiger partial charge in [0.25, 0.3) is 5.91 Å². The van der Waals surface area contributed by atoms with Crippen molar-refractivity contribution < 1.29 is 19.4 Å². The summed E-state index contributed by atoms with van der Waals surface area (Å²) in [6, 6.07) is 7.19. The first-order valence-corrected chi connectivity index (χ1v) is 7.54. The Morgan fingerprint density at radius 1 is 1.41 bits per heavy atom. The van der Waals surface area contributed by atoms with Gasteiger partial charge in [-0.05, 0) is 23.8 Å². The molecule has 1 amide bonds. The number of ether oxygens (including phenoxy) is 1. The van der Waals surface area contributed by atoms with Crippen LogP contribution in [-0.2, 0) is 9.59 Å². The van der Waals surface area contributed by atoms with Crippen molar-refractivity contribution in [3.05, 3.63) is 47.4 Å². The second-order valence-electron chi connectivity index (χ2n) is 4.33. The summed E-state index contributed by atoms with van der Waals surface area (Å²) in [6.07, 6.45) is 3.33. The van der Waals surface area contributed by atoms with Crippen molar-refractivity contribution in [3.8, 4) is 5.75 Å². The molecule has 0 aliphatic carbocycles. The maximum absolute atomic E-state index is 12.1. The fourth-order valence-corrected chi connectivity index (χ4v) is 2.99. The summed E-state index contributed by atoms with van der Waals surface area (Å²) in [6.45, 7) is 3.57. The normalized spacial score (nSPS) is 16.2. The van der Waals surface area contributed by atoms with Gasteiger partial charge in [0.05, 0.1) is 4.91 Å². The number of carboxylic acid groups (broad SMARTS) is 1. The van der Waals surface area contributed by atoms with Crippen molar-refractivity contribution >= 4 is 46.3 Å². The van der Waals surface area contributed by atoms with Gasteiger partial charge in [0.1, 0.15) is 23.2 Å². The zero-order valence-electron chi connectivity index (χ0n) is 11.5. The lowest BCUT2D eigenvalue weighted by molar-refractivity contribution is -0.140. The zero-order valence-corrected chi connectivity index (χ0v) is 13.2. The molecule has 1 aromatic rings. The highest BCUT2D eigenvalue weighted by atomic mass is 32.2. The highest BCUT2D eigenvalue weighted by Gasteiger charge is 2.33. The maximum atomic E-state index is 12.1. The van der Waals surface area contributed by atoms with E-state index in [1.165, 1.54) is 0 Å². The monoisotopic (exact) mass is 335 g/mol. The molecule has 1 heterocycles. The van der Waals surface area contributed by atoms with Gasteiger partial charge in [-0.2, -0.15) is 0 Å². The van der Waals surface area contributed by atoms with E-state index in [9.17, 15) is 9.59 Å². The molecule has 0 bridgehead atoms. The minimum absolute atomic E-state index is 0.254. The molecule has 1 fully saturated rings. The Balaban J connectivity index is 2.12. The van der Waals surface area contributed by atoms with Gasteiger partial charge in [0.15, 0.2) is 0 Å². The minimum Gasteiger partial charge on any atom is -0.490 e. The van der Waals surface area contributed by atoms with E-state index in [4.69, 9.17) is 22.1 Å². The Hall–Kier alpha value is -2.12. The Morgan fingerprint density at radius 2 is 2.09 bits per heavy atom. The molecule has 1 aliphatic heterocycles. The molecule has 0 unspecified atom stereocenters. The lowest BCUT2D eigenvalue weighted by atomic mass is 10.2. The molecule has 1 aromatic carbocycles. The molecule has 0 saturated carbocycles. The van der Waals surface area contributed by atoms with Crippen molar-refractivity contribution in [3.63, 3.8) is 0 Å². The number of benzene rings is 1. The van der Waals surface area contributed by atoms with Gasteiger partial charge in [-0.1, -0.05) is 48.8 Å². The summed E-state index contributed by atoms with van der Waals surface area (Å²) in [5, 5.41) is 8.78. The Morgan fingerprint density at radius 3 is 2.68 bits per heavy atom. The molecule has 1 saturated heterocycles. The molecular weight excluding hydrogens is 322 g/mol. The van der Waals surface area contributed by atoms with E-state index in [1.54, 1.807) is 24.3 Å². The SMILES string of the molecule is C=CCOc1ccc(C=C2SC(=S)N(CC(=O)O)C2=O)cc1. The van der Waals surface area contributed by atoms with Crippen LogP contribution in [0.3, 0.4) is 0 Å². The van der Waals surface area contributed by atoms with Crippen LogP contribution in [0.25, 0.3) is 6.08 Å². The second kappa shape index (κ2) is 7.24. The highest BCUT2D eigenvalue weighted by Crippen LogP contribution is 2.32. The molecule has 7 heteroatoms. The van der Waals surface area contributed by atoms with Crippen molar-refractivity contribution in [2.75, 3.05) is 13.2 Å². The molecule has 1 aliphatic rings. The number of thiocarbonyl (C=S) groups is 1. The van der Waals surface area contributed by atoms with Gasteiger partial charge in [-0.15, -0.1) is 0 Å². The molecule has 2 rings (SSSR count). The van der Waals surface area contributed by atoms with Crippen molar-refractivity contribution in [2.45, 2.75) is 0 Å². The van der Waals surface area contributed by atoms with E-state index in [1.807, 2.05) is 12.1 Å². The summed E-state index contributed by atoms with van der Waals surface area (Å²) >= 11 is 6.13. The van der Waals surface area contributed by atoms with Gasteiger partial charge in [0, 0.05) is 0 Å². The largest absolute Gasteiger partial charge is 0.490 e. The summed E-state index contributed by atoms with van der Waals surface area (Å²) < 4.78 is 5.63. The van der Waals surface area contributed by atoms with E-state index < -0.39 is 12.5 Å². The number of rotatable bonds is 6. The number of hydrogen-bond acceptors (Lipinski definition) is 5. The summed E-state index contributed by atoms with van der Waals surface area (Å²) in [7, 11) is 0. The van der Waals surface area contributed by atoms with Gasteiger partial charge >= 0.3 is 5.97 Å². The summed E-state index contributed by atoms with van der Waals surface area (Å²) in [5.74, 6) is -0.777. The number of aliphatic carboxylic acids is 1. The van der Waals surface area contributed by atoms with Crippen LogP contribution >= 0.6 is 24.0 Å². The molecule has 114 valence electrons. The average Bonchev–Trinajstić information content (AvgIpc) is 2.74. The maximum Gasteiger partial charge on any atom is 0.323 e. The molecule has 1 N–H and O–H groups in total. The van der Waals surface area contributed by atoms with Crippen LogP contribution in [0.15, 0.2) is 41.8 Å². The van der Waals surface area contributed by atoms with Crippen molar-refractivity contribution in [1.29, 1.82) is 0 Å². The third kappa shape index (κ3) is 3.96. The Bertz CT molecular complexity index is 652. The first kappa shape index (κ1) is 16.3. The number of amides is 1. The molecule has 5 nitrogen and oxygen atoms in total. The van der Waals surface area contributed by atoms with Gasteiger partial charge in [-0.25, -0.2) is 0 Å². The number of carboxylic acids is 1. The van der Waals surface area contributed by atoms with E-state index in [2.05, 4.69) is 6.58 Å². The quantitative estimate of drug-likeness (QED) is 0.489. The van der Waals surface area contributed by atoms with Gasteiger partial charge < -0.3 is 9.84 Å². The number of carbonyl (C=O) groups is 2. The molecule has 0 spiro atoms. The van der Waals surface area contributed by atoms with Gasteiger partial charge in [-0.3, -0.25) is 14.5 Å². The van der Waals surface area contributed by atoms with Gasteiger partial charge in [0.2, 0.25) is 0 Å². The van der Waals surface area contributed by atoms with E-state index in [-0.39, 0.29) is 10.2 Å². The van der Waals surface area contributed by atoms with Crippen LogP contribution in [0.2, 0.25) is 0 Å². The number of carbonyl (C=O) groups excluding carboxylic acids is 1. The minimum atomic E-state index is -1.10. The Kier molecular flexibility index (Phi) is 5.35. The molecule has 0 aromatic heterocycles. The summed E-state index contributed by atoms with van der Waals surface area (Å²) in [5.41, 5.74) is 0.807. The van der Waals surface area contributed by atoms with E-state index in [0.29, 0.717) is 17.3 Å². The lowest BCUT2D eigenvalue weighted by Gasteiger charge is -2.10. The predicted molar refractivity (Wildman–Crippen MR) is 89.6 cm³/mol. The zero-order chi connectivity index (χ0) is 16.1. The molecular formula is C15H13NO4S2. The third-order valence-corrected chi connectivity index (χ3v) is 4.09. The molecule has 0 radical (unpaired) electrons. The van der Waals surface area contributed by atoms with Crippen LogP contribution in [-0.4, -0.2) is 39.4 Å². The Labute approximate surface area is 137 Å². The van der Waals surface area contributed by atoms with Crippen LogP contribution in [0.1, 0.15) is 5.56 Å². The van der Waals surface area contributed by atoms with Crippen molar-refractivity contribution in [2.24, 2.45) is 0 Å². The van der Waals surface area contributed by atoms with E-state index in [0.717, 1.165) is 22.2 Å². The highest BCUT2D eigenvalue weighted by molar-refractivity contribution is 8.26. The van der Waals surface area contributed by atoms with Crippen LogP contribution < -0.4 is 4.74 Å². The predicted octanol–water partition coefficient (Wildman–Crippen LogP) is 2.54. The lowest BCUT2D eigenvalue weighted by Crippen LogP contribution is -2.33. The second-order valence-corrected chi connectivity index (χ2v) is 6.01. The third-order valence-electron chi connectivity index (χ3n) is 2.71. The number of hydrogen-bond donors (Lipinski definition) is 1. The molecule has 22 heavy (non-hydrogen) atoms. The fourth-order valence-electron chi connectivity index (χ4n) is 1.74. The van der Waals surface area contributed by atoms with Crippen LogP contribution in [0.4, 0.5) is 0 Å². The first-order valence-electron chi connectivity index (χ1n) is 6.32. The number of nitrogens with zero attached hydrogens (tertiary/aromatic N) is 1. The van der Waals surface area contributed by atoms with Crippen LogP contribution in [0.5, 0.6) is 5.75 Å². The average molecular weight is 335 g/mol. The fraction of sp³-hybridized carbons (Fsp3) is 0.133. The number of thioether (sulfide) groups is 1. The summed E-state index contributed by atoms with van der Waals surface area (Å²) in [4.78, 5) is 24.3. The first-order chi connectivity index (χ1) is 10.5. The van der Waals surface area contributed by atoms with Crippen molar-refractivity contribution in [1.82, 2.24) is 4.90 Å². The topological polar surface area (TPSA) is 66.8 Å².